The van der Waals surface area contributed by atoms with E-state index in [2.05, 4.69) is 10.6 Å². The van der Waals surface area contributed by atoms with Gasteiger partial charge in [-0.05, 0) is 34.1 Å². The number of rotatable bonds is 6. The van der Waals surface area contributed by atoms with Crippen molar-refractivity contribution in [2.75, 3.05) is 6.54 Å². The molecule has 1 unspecified atom stereocenters. The predicted molar refractivity (Wildman–Crippen MR) is 73.0 cm³/mol. The largest absolute Gasteiger partial charge is 0.354 e. The summed E-state index contributed by atoms with van der Waals surface area (Å²) in [7, 11) is 0. The van der Waals surface area contributed by atoms with E-state index in [1.54, 1.807) is 6.92 Å². The first kappa shape index (κ1) is 16.9. The Morgan fingerprint density at radius 3 is 2.17 bits per heavy atom. The molecule has 0 saturated carbocycles. The Morgan fingerprint density at radius 2 is 1.72 bits per heavy atom. The topological polar surface area (TPSA) is 84.2 Å². The molecule has 0 rings (SSSR count). The lowest BCUT2D eigenvalue weighted by molar-refractivity contribution is -0.126. The van der Waals surface area contributed by atoms with E-state index < -0.39 is 5.54 Å². The highest BCUT2D eigenvalue weighted by molar-refractivity contribution is 5.86. The summed E-state index contributed by atoms with van der Waals surface area (Å²) >= 11 is 0. The highest BCUT2D eigenvalue weighted by Crippen LogP contribution is 2.08. The van der Waals surface area contributed by atoms with E-state index >= 15 is 0 Å². The Hall–Kier alpha value is -1.10. The monoisotopic (exact) mass is 257 g/mol. The fourth-order valence-corrected chi connectivity index (χ4v) is 1.61. The lowest BCUT2D eigenvalue weighted by Crippen LogP contribution is -2.52. The molecule has 5 heteroatoms. The van der Waals surface area contributed by atoms with Gasteiger partial charge in [0.1, 0.15) is 0 Å². The highest BCUT2D eigenvalue weighted by atomic mass is 16.2. The quantitative estimate of drug-likeness (QED) is 0.661. The van der Waals surface area contributed by atoms with Crippen LogP contribution in [0.25, 0.3) is 0 Å². The second-order valence-electron chi connectivity index (χ2n) is 5.97. The van der Waals surface area contributed by atoms with Gasteiger partial charge in [0.15, 0.2) is 0 Å². The molecule has 2 amide bonds. The van der Waals surface area contributed by atoms with Crippen molar-refractivity contribution in [1.29, 1.82) is 0 Å². The van der Waals surface area contributed by atoms with E-state index in [4.69, 9.17) is 5.73 Å². The maximum absolute atomic E-state index is 11.8. The van der Waals surface area contributed by atoms with E-state index in [0.717, 1.165) is 6.42 Å². The normalized spacial score (nSPS) is 14.8. The minimum Gasteiger partial charge on any atom is -0.354 e. The predicted octanol–water partition coefficient (Wildman–Crippen LogP) is 0.925. The van der Waals surface area contributed by atoms with Crippen molar-refractivity contribution in [3.8, 4) is 0 Å². The summed E-state index contributed by atoms with van der Waals surface area (Å²) in [6.07, 6.45) is 1.75. The standard InChI is InChI=1S/C13H27N3O2/c1-6-8-13(5,14)11(18)15-9-7-10(17)16-12(2,3)4/h6-9,14H2,1-5H3,(H,15,18)(H,16,17). The van der Waals surface area contributed by atoms with Crippen molar-refractivity contribution in [2.24, 2.45) is 5.73 Å². The van der Waals surface area contributed by atoms with Crippen LogP contribution >= 0.6 is 0 Å². The zero-order chi connectivity index (χ0) is 14.4. The molecular formula is C13H27N3O2. The first-order valence-electron chi connectivity index (χ1n) is 6.46. The summed E-state index contributed by atoms with van der Waals surface area (Å²) < 4.78 is 0. The van der Waals surface area contributed by atoms with E-state index in [1.165, 1.54) is 0 Å². The maximum Gasteiger partial charge on any atom is 0.239 e. The average molecular weight is 257 g/mol. The van der Waals surface area contributed by atoms with Crippen molar-refractivity contribution < 1.29 is 9.59 Å². The minimum absolute atomic E-state index is 0.0722. The molecular weight excluding hydrogens is 230 g/mol. The van der Waals surface area contributed by atoms with Crippen LogP contribution in [0.1, 0.15) is 53.9 Å². The van der Waals surface area contributed by atoms with Crippen molar-refractivity contribution in [3.63, 3.8) is 0 Å². The van der Waals surface area contributed by atoms with Crippen LogP contribution in [0.2, 0.25) is 0 Å². The lowest BCUT2D eigenvalue weighted by atomic mass is 9.96. The molecule has 0 bridgehead atoms. The summed E-state index contributed by atoms with van der Waals surface area (Å²) in [5, 5.41) is 5.53. The molecule has 0 aliphatic carbocycles. The van der Waals surface area contributed by atoms with E-state index in [0.29, 0.717) is 13.0 Å². The van der Waals surface area contributed by atoms with Gasteiger partial charge in [-0.25, -0.2) is 0 Å². The SMILES string of the molecule is CCCC(C)(N)C(=O)NCCC(=O)NC(C)(C)C. The van der Waals surface area contributed by atoms with Crippen LogP contribution in [0.15, 0.2) is 0 Å². The Labute approximate surface area is 110 Å². The Kier molecular flexibility index (Phi) is 6.32. The average Bonchev–Trinajstić information content (AvgIpc) is 2.14. The third-order valence-corrected chi connectivity index (χ3v) is 2.44. The van der Waals surface area contributed by atoms with Crippen LogP contribution in [0.3, 0.4) is 0 Å². The molecule has 0 saturated heterocycles. The van der Waals surface area contributed by atoms with Gasteiger partial charge < -0.3 is 16.4 Å². The van der Waals surface area contributed by atoms with Crippen LogP contribution in [-0.2, 0) is 9.59 Å². The van der Waals surface area contributed by atoms with Crippen LogP contribution in [0.4, 0.5) is 0 Å². The van der Waals surface area contributed by atoms with Gasteiger partial charge in [-0.3, -0.25) is 9.59 Å². The molecule has 1 atom stereocenters. The molecule has 0 aliphatic heterocycles. The smallest absolute Gasteiger partial charge is 0.239 e. The van der Waals surface area contributed by atoms with Gasteiger partial charge in [0.05, 0.1) is 5.54 Å². The van der Waals surface area contributed by atoms with Gasteiger partial charge >= 0.3 is 0 Å². The Balaban J connectivity index is 3.98. The van der Waals surface area contributed by atoms with Gasteiger partial charge in [0, 0.05) is 18.5 Å². The van der Waals surface area contributed by atoms with E-state index in [9.17, 15) is 9.59 Å². The van der Waals surface area contributed by atoms with Gasteiger partial charge in [-0.15, -0.1) is 0 Å². The van der Waals surface area contributed by atoms with Crippen molar-refractivity contribution >= 4 is 11.8 Å². The molecule has 5 nitrogen and oxygen atoms in total. The van der Waals surface area contributed by atoms with Gasteiger partial charge in [-0.2, -0.15) is 0 Å². The third kappa shape index (κ3) is 7.27. The molecule has 0 fully saturated rings. The van der Waals surface area contributed by atoms with Gasteiger partial charge in [0.2, 0.25) is 11.8 Å². The van der Waals surface area contributed by atoms with Crippen molar-refractivity contribution in [3.05, 3.63) is 0 Å². The number of carbonyl (C=O) groups is 2. The first-order chi connectivity index (χ1) is 8.08. The summed E-state index contributed by atoms with van der Waals surface area (Å²) in [5.41, 5.74) is 4.78. The fourth-order valence-electron chi connectivity index (χ4n) is 1.61. The van der Waals surface area contributed by atoms with Crippen molar-refractivity contribution in [1.82, 2.24) is 10.6 Å². The third-order valence-electron chi connectivity index (χ3n) is 2.44. The zero-order valence-electron chi connectivity index (χ0n) is 12.2. The second kappa shape index (κ2) is 6.73. The fraction of sp³-hybridized carbons (Fsp3) is 0.846. The molecule has 106 valence electrons. The highest BCUT2D eigenvalue weighted by Gasteiger charge is 2.26. The van der Waals surface area contributed by atoms with Gasteiger partial charge in [0.25, 0.3) is 0 Å². The number of amides is 2. The summed E-state index contributed by atoms with van der Waals surface area (Å²) in [4.78, 5) is 23.3. The second-order valence-corrected chi connectivity index (χ2v) is 5.97. The van der Waals surface area contributed by atoms with Crippen molar-refractivity contribution in [2.45, 2.75) is 65.0 Å². The zero-order valence-corrected chi connectivity index (χ0v) is 12.2. The maximum atomic E-state index is 11.8. The molecule has 0 aromatic rings. The molecule has 0 aliphatic rings. The molecule has 0 aromatic carbocycles. The molecule has 0 aromatic heterocycles. The number of carbonyl (C=O) groups excluding carboxylic acids is 2. The van der Waals surface area contributed by atoms with E-state index in [1.807, 2.05) is 27.7 Å². The molecule has 18 heavy (non-hydrogen) atoms. The molecule has 0 radical (unpaired) electrons. The summed E-state index contributed by atoms with van der Waals surface area (Å²) in [6, 6.07) is 0. The molecule has 0 heterocycles. The Morgan fingerprint density at radius 1 is 1.17 bits per heavy atom. The number of nitrogens with one attached hydrogen (secondary N) is 2. The molecule has 0 spiro atoms. The number of nitrogens with two attached hydrogens (primary N) is 1. The summed E-state index contributed by atoms with van der Waals surface area (Å²) in [5.74, 6) is -0.273. The van der Waals surface area contributed by atoms with Crippen LogP contribution < -0.4 is 16.4 Å². The van der Waals surface area contributed by atoms with Crippen LogP contribution in [0, 0.1) is 0 Å². The minimum atomic E-state index is -0.852. The number of hydrogen-bond acceptors (Lipinski definition) is 3. The van der Waals surface area contributed by atoms with E-state index in [-0.39, 0.29) is 23.8 Å². The van der Waals surface area contributed by atoms with Crippen LogP contribution in [0.5, 0.6) is 0 Å². The van der Waals surface area contributed by atoms with Gasteiger partial charge in [-0.1, -0.05) is 13.3 Å². The Bertz CT molecular complexity index is 293. The lowest BCUT2D eigenvalue weighted by Gasteiger charge is -2.23. The number of hydrogen-bond donors (Lipinski definition) is 3. The summed E-state index contributed by atoms with van der Waals surface area (Å²) in [6.45, 7) is 9.76. The molecule has 4 N–H and O–H groups in total. The van der Waals surface area contributed by atoms with Crippen LogP contribution in [-0.4, -0.2) is 29.4 Å². The first-order valence-corrected chi connectivity index (χ1v) is 6.46.